The Balaban J connectivity index is 1.16. The van der Waals surface area contributed by atoms with Gasteiger partial charge in [0, 0.05) is 27.5 Å². The van der Waals surface area contributed by atoms with Crippen LogP contribution < -0.4 is 0 Å². The molecule has 2 heterocycles. The van der Waals surface area contributed by atoms with Crippen molar-refractivity contribution >= 4 is 27.6 Å². The van der Waals surface area contributed by atoms with Crippen LogP contribution in [0, 0.1) is 6.57 Å². The first-order valence-electron chi connectivity index (χ1n) is 14.6. The highest BCUT2D eigenvalue weighted by Crippen LogP contribution is 2.35. The fourth-order valence-corrected chi connectivity index (χ4v) is 5.62. The third kappa shape index (κ3) is 5.01. The summed E-state index contributed by atoms with van der Waals surface area (Å²) in [5.41, 5.74) is 9.34. The number of hydrogen-bond donors (Lipinski definition) is 0. The van der Waals surface area contributed by atoms with Crippen LogP contribution in [-0.4, -0.2) is 15.0 Å². The summed E-state index contributed by atoms with van der Waals surface area (Å²) >= 11 is 0. The summed E-state index contributed by atoms with van der Waals surface area (Å²) in [7, 11) is 0. The van der Waals surface area contributed by atoms with Gasteiger partial charge >= 0.3 is 0 Å². The van der Waals surface area contributed by atoms with Gasteiger partial charge in [-0.1, -0.05) is 121 Å². The van der Waals surface area contributed by atoms with Crippen LogP contribution in [0.2, 0.25) is 0 Å². The molecule has 8 aromatic rings. The van der Waals surface area contributed by atoms with E-state index in [1.807, 2.05) is 97.1 Å². The van der Waals surface area contributed by atoms with Gasteiger partial charge in [-0.2, -0.15) is 0 Å². The van der Waals surface area contributed by atoms with Gasteiger partial charge in [-0.15, -0.1) is 0 Å². The quantitative estimate of drug-likeness (QED) is 0.191. The van der Waals surface area contributed by atoms with Crippen molar-refractivity contribution in [3.63, 3.8) is 0 Å². The number of benzene rings is 6. The third-order valence-corrected chi connectivity index (χ3v) is 7.98. The summed E-state index contributed by atoms with van der Waals surface area (Å²) in [4.78, 5) is 18.0. The van der Waals surface area contributed by atoms with E-state index in [-0.39, 0.29) is 0 Å². The molecule has 2 aromatic heterocycles. The van der Waals surface area contributed by atoms with Gasteiger partial charge in [0.15, 0.2) is 23.2 Å². The van der Waals surface area contributed by atoms with Crippen molar-refractivity contribution in [2.24, 2.45) is 0 Å². The van der Waals surface area contributed by atoms with E-state index >= 15 is 0 Å². The lowest BCUT2D eigenvalue weighted by atomic mass is 9.99. The monoisotopic (exact) mass is 576 g/mol. The fourth-order valence-electron chi connectivity index (χ4n) is 5.62. The Kier molecular flexibility index (Phi) is 6.44. The maximum absolute atomic E-state index is 7.17. The maximum Gasteiger partial charge on any atom is 0.187 e. The fraction of sp³-hybridized carbons (Fsp3) is 0. The zero-order chi connectivity index (χ0) is 30.2. The maximum atomic E-state index is 7.17. The normalized spacial score (nSPS) is 11.1. The molecule has 210 valence electrons. The predicted octanol–water partition coefficient (Wildman–Crippen LogP) is 10.7. The summed E-state index contributed by atoms with van der Waals surface area (Å²) in [6.07, 6.45) is 0. The van der Waals surface area contributed by atoms with Crippen LogP contribution in [0.5, 0.6) is 0 Å². The van der Waals surface area contributed by atoms with Crippen molar-refractivity contribution in [1.29, 1.82) is 0 Å². The molecule has 0 fully saturated rings. The van der Waals surface area contributed by atoms with E-state index in [1.54, 1.807) is 0 Å². The molecule has 0 unspecified atom stereocenters. The first-order valence-corrected chi connectivity index (χ1v) is 14.6. The number of furan rings is 1. The van der Waals surface area contributed by atoms with E-state index in [1.165, 1.54) is 0 Å². The van der Waals surface area contributed by atoms with Crippen LogP contribution in [0.25, 0.3) is 83.2 Å². The third-order valence-electron chi connectivity index (χ3n) is 7.98. The molecule has 0 bridgehead atoms. The van der Waals surface area contributed by atoms with Crippen molar-refractivity contribution in [2.45, 2.75) is 0 Å². The van der Waals surface area contributed by atoms with Crippen LogP contribution in [0.4, 0.5) is 5.69 Å². The molecule has 0 aliphatic carbocycles. The molecule has 0 atom stereocenters. The molecule has 5 heteroatoms. The highest BCUT2D eigenvalue weighted by atomic mass is 16.3. The van der Waals surface area contributed by atoms with E-state index in [9.17, 15) is 0 Å². The molecular formula is C40H24N4O. The van der Waals surface area contributed by atoms with Crippen LogP contribution in [0.1, 0.15) is 0 Å². The first kappa shape index (κ1) is 26.3. The lowest BCUT2D eigenvalue weighted by Gasteiger charge is -2.08. The summed E-state index contributed by atoms with van der Waals surface area (Å²) < 4.78 is 6.43. The van der Waals surface area contributed by atoms with E-state index in [0.29, 0.717) is 23.2 Å². The van der Waals surface area contributed by atoms with Crippen LogP contribution in [0.3, 0.4) is 0 Å². The largest absolute Gasteiger partial charge is 0.456 e. The molecule has 6 aromatic carbocycles. The second-order valence-corrected chi connectivity index (χ2v) is 10.8. The molecule has 0 radical (unpaired) electrons. The van der Waals surface area contributed by atoms with E-state index in [2.05, 4.69) is 53.4 Å². The number of nitrogens with zero attached hydrogens (tertiary/aromatic N) is 4. The summed E-state index contributed by atoms with van der Waals surface area (Å²) in [6.45, 7) is 7.17. The number of hydrogen-bond acceptors (Lipinski definition) is 4. The van der Waals surface area contributed by atoms with Crippen LogP contribution in [-0.2, 0) is 0 Å². The van der Waals surface area contributed by atoms with Crippen molar-refractivity contribution in [3.8, 4) is 56.4 Å². The summed E-state index contributed by atoms with van der Waals surface area (Å²) in [5, 5.41) is 2.10. The summed E-state index contributed by atoms with van der Waals surface area (Å²) in [6, 6.07) is 48.6. The van der Waals surface area contributed by atoms with Crippen LogP contribution in [0.15, 0.2) is 150 Å². The Labute approximate surface area is 260 Å². The molecule has 0 spiro atoms. The highest BCUT2D eigenvalue weighted by Gasteiger charge is 2.15. The van der Waals surface area contributed by atoms with E-state index in [4.69, 9.17) is 25.9 Å². The van der Waals surface area contributed by atoms with Gasteiger partial charge in [-0.25, -0.2) is 19.8 Å². The Bertz CT molecular complexity index is 2300. The van der Waals surface area contributed by atoms with E-state index < -0.39 is 0 Å². The molecule has 45 heavy (non-hydrogen) atoms. The van der Waals surface area contributed by atoms with Gasteiger partial charge in [-0.3, -0.25) is 0 Å². The Morgan fingerprint density at radius 3 is 1.31 bits per heavy atom. The van der Waals surface area contributed by atoms with Gasteiger partial charge in [-0.05, 0) is 46.5 Å². The average molecular weight is 577 g/mol. The van der Waals surface area contributed by atoms with Crippen molar-refractivity contribution in [3.05, 3.63) is 157 Å². The second kappa shape index (κ2) is 11.0. The molecular weight excluding hydrogens is 552 g/mol. The smallest absolute Gasteiger partial charge is 0.187 e. The topological polar surface area (TPSA) is 56.2 Å². The minimum atomic E-state index is 0.592. The molecule has 8 rings (SSSR count). The Morgan fingerprint density at radius 2 is 0.800 bits per heavy atom. The van der Waals surface area contributed by atoms with Gasteiger partial charge in [0.25, 0.3) is 0 Å². The molecule has 0 saturated heterocycles. The minimum Gasteiger partial charge on any atom is -0.456 e. The molecule has 0 aliphatic heterocycles. The van der Waals surface area contributed by atoms with Crippen molar-refractivity contribution < 1.29 is 4.42 Å². The molecule has 0 amide bonds. The zero-order valence-electron chi connectivity index (χ0n) is 24.1. The lowest BCUT2D eigenvalue weighted by molar-refractivity contribution is 0.669. The molecule has 5 nitrogen and oxygen atoms in total. The Hall–Kier alpha value is -6.38. The second-order valence-electron chi connectivity index (χ2n) is 10.8. The highest BCUT2D eigenvalue weighted by molar-refractivity contribution is 6.06. The number of aromatic nitrogens is 3. The van der Waals surface area contributed by atoms with Crippen molar-refractivity contribution in [2.75, 3.05) is 0 Å². The summed E-state index contributed by atoms with van der Waals surface area (Å²) in [5.74, 6) is 1.84. The Morgan fingerprint density at radius 1 is 0.400 bits per heavy atom. The number of fused-ring (bicyclic) bond motifs is 3. The average Bonchev–Trinajstić information content (AvgIpc) is 3.49. The lowest BCUT2D eigenvalue weighted by Crippen LogP contribution is -2.00. The SMILES string of the molecule is [C-]#[N+]c1ccc(-c2ccc(-c3ccc4c(c3)oc3cc(-c5nc(-c6ccccc6)nc(-c6ccccc6)n5)ccc34)cc2)cc1. The first-order chi connectivity index (χ1) is 22.2. The van der Waals surface area contributed by atoms with Gasteiger partial charge in [0.05, 0.1) is 6.57 Å². The van der Waals surface area contributed by atoms with Gasteiger partial charge in [0.2, 0.25) is 0 Å². The molecule has 0 aliphatic rings. The zero-order valence-corrected chi connectivity index (χ0v) is 24.1. The number of rotatable bonds is 5. The standard InChI is InChI=1S/C40H24N4O/c1-41-33-20-16-27(17-21-33)26-12-14-28(15-13-26)31-18-22-34-35-23-19-32(25-37(35)45-36(34)24-31)40-43-38(29-8-4-2-5-9-29)42-39(44-40)30-10-6-3-7-11-30/h2-25H. The van der Waals surface area contributed by atoms with Crippen molar-refractivity contribution in [1.82, 2.24) is 15.0 Å². The van der Waals surface area contributed by atoms with Gasteiger partial charge in [0.1, 0.15) is 11.2 Å². The van der Waals surface area contributed by atoms with E-state index in [0.717, 1.165) is 60.9 Å². The predicted molar refractivity (Wildman–Crippen MR) is 181 cm³/mol. The van der Waals surface area contributed by atoms with Gasteiger partial charge < -0.3 is 4.42 Å². The molecule has 0 N–H and O–H groups in total. The molecule has 0 saturated carbocycles. The van der Waals surface area contributed by atoms with Crippen LogP contribution >= 0.6 is 0 Å². The minimum absolute atomic E-state index is 0.592.